The summed E-state index contributed by atoms with van der Waals surface area (Å²) in [7, 11) is 0. The van der Waals surface area contributed by atoms with Crippen molar-refractivity contribution in [1.29, 1.82) is 0 Å². The monoisotopic (exact) mass is 800 g/mol. The average molecular weight is 801 g/mol. The lowest BCUT2D eigenvalue weighted by molar-refractivity contribution is 0.632. The van der Waals surface area contributed by atoms with E-state index in [0.717, 1.165) is 11.4 Å². The highest BCUT2D eigenvalue weighted by atomic mass is 32.1. The highest BCUT2D eigenvalue weighted by Crippen LogP contribution is 2.57. The normalized spacial score (nSPS) is 14.5. The molecule has 2 heterocycles. The lowest BCUT2D eigenvalue weighted by Crippen LogP contribution is -2.31. The summed E-state index contributed by atoms with van der Waals surface area (Å²) in [6.45, 7) is 9.56. The molecule has 0 saturated carbocycles. The van der Waals surface area contributed by atoms with Crippen LogP contribution in [0.15, 0.2) is 194 Å². The van der Waals surface area contributed by atoms with Crippen LogP contribution in [0, 0.1) is 0 Å². The van der Waals surface area contributed by atoms with Crippen molar-refractivity contribution < 1.29 is 0 Å². The van der Waals surface area contributed by atoms with Crippen molar-refractivity contribution >= 4 is 76.4 Å². The molecule has 1 aromatic heterocycles. The Kier molecular flexibility index (Phi) is 7.83. The van der Waals surface area contributed by atoms with Gasteiger partial charge in [0.2, 0.25) is 0 Å². The van der Waals surface area contributed by atoms with E-state index in [9.17, 15) is 0 Å². The molecule has 12 rings (SSSR count). The number of hydrogen-bond donors (Lipinski definition) is 0. The summed E-state index contributed by atoms with van der Waals surface area (Å²) < 4.78 is 2.59. The van der Waals surface area contributed by atoms with E-state index < -0.39 is 0 Å². The van der Waals surface area contributed by atoms with Gasteiger partial charge in [0, 0.05) is 48.6 Å². The van der Waals surface area contributed by atoms with Gasteiger partial charge in [-0.25, -0.2) is 0 Å². The number of nitrogens with zero attached hydrogens (tertiary/aromatic N) is 2. The first-order valence-electron chi connectivity index (χ1n) is 21.4. The second-order valence-electron chi connectivity index (χ2n) is 17.7. The molecule has 0 spiro atoms. The van der Waals surface area contributed by atoms with Crippen molar-refractivity contribution in [3.8, 4) is 22.3 Å². The van der Waals surface area contributed by atoms with Crippen LogP contribution in [-0.4, -0.2) is 0 Å². The van der Waals surface area contributed by atoms with Crippen molar-refractivity contribution in [2.75, 3.05) is 9.80 Å². The molecule has 0 radical (unpaired) electrons. The molecule has 0 bridgehead atoms. The van der Waals surface area contributed by atoms with Gasteiger partial charge in [-0.1, -0.05) is 173 Å². The maximum atomic E-state index is 2.55. The van der Waals surface area contributed by atoms with Crippen LogP contribution in [0.4, 0.5) is 34.1 Å². The van der Waals surface area contributed by atoms with E-state index in [4.69, 9.17) is 0 Å². The third kappa shape index (κ3) is 5.27. The Bertz CT molecular complexity index is 3390. The number of fused-ring (bicyclic) bond motifs is 9. The van der Waals surface area contributed by atoms with E-state index in [1.807, 2.05) is 11.3 Å². The van der Waals surface area contributed by atoms with Crippen molar-refractivity contribution in [1.82, 2.24) is 0 Å². The van der Waals surface area contributed by atoms with Crippen LogP contribution in [0.1, 0.15) is 49.9 Å². The summed E-state index contributed by atoms with van der Waals surface area (Å²) in [5.74, 6) is 0. The van der Waals surface area contributed by atoms with Gasteiger partial charge in [-0.3, -0.25) is 0 Å². The number of thiophene rings is 1. The summed E-state index contributed by atoms with van der Waals surface area (Å²) in [5, 5.41) is 5.05. The lowest BCUT2D eigenvalue weighted by Gasteiger charge is -2.43. The molecule has 2 nitrogen and oxygen atoms in total. The van der Waals surface area contributed by atoms with E-state index in [-0.39, 0.29) is 10.8 Å². The largest absolute Gasteiger partial charge is 0.309 e. The van der Waals surface area contributed by atoms with Crippen LogP contribution in [0.25, 0.3) is 53.2 Å². The molecule has 0 unspecified atom stereocenters. The van der Waals surface area contributed by atoms with E-state index in [0.29, 0.717) is 0 Å². The maximum absolute atomic E-state index is 2.55. The van der Waals surface area contributed by atoms with Gasteiger partial charge >= 0.3 is 0 Å². The quantitative estimate of drug-likeness (QED) is 0.171. The summed E-state index contributed by atoms with van der Waals surface area (Å²) in [5.41, 5.74) is 17.1. The van der Waals surface area contributed by atoms with Crippen molar-refractivity contribution in [3.05, 3.63) is 216 Å². The van der Waals surface area contributed by atoms with Crippen LogP contribution >= 0.6 is 11.3 Å². The number of anilines is 6. The molecule has 292 valence electrons. The Labute approximate surface area is 361 Å². The van der Waals surface area contributed by atoms with Gasteiger partial charge in [-0.2, -0.15) is 0 Å². The third-order valence-electron chi connectivity index (χ3n) is 13.6. The predicted molar refractivity (Wildman–Crippen MR) is 261 cm³/mol. The first-order chi connectivity index (χ1) is 29.8. The Morgan fingerprint density at radius 2 is 1.03 bits per heavy atom. The molecule has 3 heteroatoms. The Balaban J connectivity index is 1.13. The molecule has 1 aliphatic carbocycles. The molecule has 2 aliphatic rings. The molecule has 9 aromatic carbocycles. The maximum Gasteiger partial charge on any atom is 0.0640 e. The lowest BCUT2D eigenvalue weighted by atomic mass is 9.73. The minimum Gasteiger partial charge on any atom is -0.309 e. The zero-order chi connectivity index (χ0) is 41.0. The highest BCUT2D eigenvalue weighted by Gasteiger charge is 2.40. The summed E-state index contributed by atoms with van der Waals surface area (Å²) in [6, 6.07) is 72.4. The van der Waals surface area contributed by atoms with Gasteiger partial charge in [-0.15, -0.1) is 11.3 Å². The fourth-order valence-electron chi connectivity index (χ4n) is 10.6. The molecule has 10 aromatic rings. The molecule has 0 N–H and O–H groups in total. The van der Waals surface area contributed by atoms with Gasteiger partial charge in [-0.05, 0) is 92.9 Å². The molecule has 0 fully saturated rings. The van der Waals surface area contributed by atoms with Crippen molar-refractivity contribution in [2.45, 2.75) is 38.5 Å². The number of benzene rings is 9. The average Bonchev–Trinajstić information content (AvgIpc) is 3.79. The molecule has 61 heavy (non-hydrogen) atoms. The van der Waals surface area contributed by atoms with Crippen LogP contribution < -0.4 is 9.80 Å². The van der Waals surface area contributed by atoms with E-state index >= 15 is 0 Å². The fourth-order valence-corrected chi connectivity index (χ4v) is 11.8. The molecule has 1 aliphatic heterocycles. The van der Waals surface area contributed by atoms with Gasteiger partial charge in [0.1, 0.15) is 0 Å². The fraction of sp³-hybridized carbons (Fsp3) is 0.103. The smallest absolute Gasteiger partial charge is 0.0640 e. The third-order valence-corrected chi connectivity index (χ3v) is 14.8. The second-order valence-corrected chi connectivity index (χ2v) is 18.8. The van der Waals surface area contributed by atoms with Gasteiger partial charge in [0.05, 0.1) is 27.4 Å². The van der Waals surface area contributed by atoms with Crippen molar-refractivity contribution in [2.24, 2.45) is 0 Å². The van der Waals surface area contributed by atoms with E-state index in [1.54, 1.807) is 0 Å². The van der Waals surface area contributed by atoms with Crippen molar-refractivity contribution in [3.63, 3.8) is 0 Å². The molecular formula is C58H44N2S. The zero-order valence-electron chi connectivity index (χ0n) is 34.8. The minimum absolute atomic E-state index is 0.131. The summed E-state index contributed by atoms with van der Waals surface area (Å²) in [6.07, 6.45) is 0. The van der Waals surface area contributed by atoms with Gasteiger partial charge < -0.3 is 9.80 Å². The highest BCUT2D eigenvalue weighted by molar-refractivity contribution is 7.26. The first kappa shape index (κ1) is 36.0. The van der Waals surface area contributed by atoms with E-state index in [2.05, 4.69) is 232 Å². The minimum atomic E-state index is -0.299. The van der Waals surface area contributed by atoms with Gasteiger partial charge in [0.25, 0.3) is 0 Å². The summed E-state index contributed by atoms with van der Waals surface area (Å²) in [4.78, 5) is 5.09. The molecule has 0 saturated heterocycles. The molecular weight excluding hydrogens is 757 g/mol. The second kappa shape index (κ2) is 13.3. The number of para-hydroxylation sites is 1. The number of hydrogen-bond acceptors (Lipinski definition) is 3. The Hall–Kier alpha value is -6.94. The standard InChI is InChI=1S/C58H44N2S/c1-57(2)47-24-12-10-21-43(47)44-33-30-39(35-49(44)57)59(53-27-16-23-46-45-22-11-15-28-54(45)61-56(46)53)40-31-34-52-50(36-40)58(3,4)48-25-13-14-26-51(48)60(52)55-41-20-9-8-19-38(41)29-32-42(55)37-17-6-5-7-18-37/h5-36H,1-4H3. The van der Waals surface area contributed by atoms with Crippen LogP contribution in [0.3, 0.4) is 0 Å². The Morgan fingerprint density at radius 3 is 1.89 bits per heavy atom. The van der Waals surface area contributed by atoms with Gasteiger partial charge in [0.15, 0.2) is 0 Å². The number of rotatable bonds is 5. The molecule has 0 atom stereocenters. The zero-order valence-corrected chi connectivity index (χ0v) is 35.6. The van der Waals surface area contributed by atoms with Crippen LogP contribution in [0.5, 0.6) is 0 Å². The topological polar surface area (TPSA) is 6.48 Å². The van der Waals surface area contributed by atoms with Crippen LogP contribution in [0.2, 0.25) is 0 Å². The van der Waals surface area contributed by atoms with E-state index in [1.165, 1.54) is 98.2 Å². The SMILES string of the molecule is CC1(C)c2ccccc2-c2ccc(N(c3ccc4c(c3)C(C)(C)c3ccccc3N4c3c(-c4ccccc4)ccc4ccccc34)c3cccc4c3sc3ccccc34)cc21. The first-order valence-corrected chi connectivity index (χ1v) is 22.2. The summed E-state index contributed by atoms with van der Waals surface area (Å²) >= 11 is 1.89. The predicted octanol–water partition coefficient (Wildman–Crippen LogP) is 16.8. The Morgan fingerprint density at radius 1 is 0.426 bits per heavy atom. The van der Waals surface area contributed by atoms with Crippen LogP contribution in [-0.2, 0) is 10.8 Å². The molecule has 0 amide bonds.